The first-order valence-corrected chi connectivity index (χ1v) is 9.39. The van der Waals surface area contributed by atoms with E-state index < -0.39 is 0 Å². The van der Waals surface area contributed by atoms with Gasteiger partial charge in [0, 0.05) is 16.3 Å². The summed E-state index contributed by atoms with van der Waals surface area (Å²) in [5.74, 6) is 0.884. The van der Waals surface area contributed by atoms with Crippen molar-refractivity contribution in [1.82, 2.24) is 19.9 Å². The molecule has 0 atom stereocenters. The van der Waals surface area contributed by atoms with E-state index in [4.69, 9.17) is 15.7 Å². The first-order valence-electron chi connectivity index (χ1n) is 9.39. The van der Waals surface area contributed by atoms with Crippen LogP contribution in [0.3, 0.4) is 0 Å². The molecule has 0 bridgehead atoms. The second kappa shape index (κ2) is 5.94. The average Bonchev–Trinajstić information content (AvgIpc) is 2.79. The number of hydrogen-bond acceptors (Lipinski definition) is 5. The molecule has 0 aliphatic carbocycles. The van der Waals surface area contributed by atoms with Crippen molar-refractivity contribution < 1.29 is 0 Å². The van der Waals surface area contributed by atoms with Crippen molar-refractivity contribution in [3.63, 3.8) is 0 Å². The number of rotatable bonds is 1. The standard InChI is InChI=1S/C24H15N5/c25-22-21-24(29-23(28-22)14-8-2-1-3-9-14)27-20-18-13-7-5-11-16(18)15-10-4-6-12-17(15)19(20)26-21/h1-13H,(H2,25,27,28,29). The Kier molecular flexibility index (Phi) is 3.25. The molecule has 136 valence electrons. The molecule has 0 unspecified atom stereocenters. The highest BCUT2D eigenvalue weighted by atomic mass is 15.0. The monoisotopic (exact) mass is 373 g/mol. The van der Waals surface area contributed by atoms with Gasteiger partial charge < -0.3 is 5.73 Å². The van der Waals surface area contributed by atoms with Crippen LogP contribution in [0.2, 0.25) is 0 Å². The predicted molar refractivity (Wildman–Crippen MR) is 117 cm³/mol. The van der Waals surface area contributed by atoms with E-state index in [-0.39, 0.29) is 0 Å². The Labute approximate surface area is 165 Å². The first kappa shape index (κ1) is 15.9. The van der Waals surface area contributed by atoms with Crippen LogP contribution in [-0.2, 0) is 0 Å². The van der Waals surface area contributed by atoms with Gasteiger partial charge in [-0.15, -0.1) is 0 Å². The van der Waals surface area contributed by atoms with Gasteiger partial charge in [-0.3, -0.25) is 0 Å². The lowest BCUT2D eigenvalue weighted by Gasteiger charge is -2.11. The Morgan fingerprint density at radius 3 is 1.69 bits per heavy atom. The van der Waals surface area contributed by atoms with Gasteiger partial charge in [0.2, 0.25) is 0 Å². The van der Waals surface area contributed by atoms with Crippen molar-refractivity contribution in [3.8, 4) is 11.4 Å². The molecular weight excluding hydrogens is 358 g/mol. The Hall–Kier alpha value is -4.12. The lowest BCUT2D eigenvalue weighted by Crippen LogP contribution is -2.02. The SMILES string of the molecule is Nc1nc(-c2ccccc2)nc2nc3c4ccccc4c4ccccc4c3nc12. The number of hydrogen-bond donors (Lipinski definition) is 1. The second-order valence-corrected chi connectivity index (χ2v) is 6.98. The molecule has 0 radical (unpaired) electrons. The van der Waals surface area contributed by atoms with E-state index in [0.29, 0.717) is 22.8 Å². The van der Waals surface area contributed by atoms with E-state index in [9.17, 15) is 0 Å². The molecule has 0 spiro atoms. The van der Waals surface area contributed by atoms with E-state index in [1.54, 1.807) is 0 Å². The van der Waals surface area contributed by atoms with Gasteiger partial charge in [-0.2, -0.15) is 0 Å². The van der Waals surface area contributed by atoms with E-state index in [1.165, 1.54) is 0 Å². The van der Waals surface area contributed by atoms with Gasteiger partial charge in [0.15, 0.2) is 22.8 Å². The highest BCUT2D eigenvalue weighted by Gasteiger charge is 2.15. The fourth-order valence-electron chi connectivity index (χ4n) is 3.91. The van der Waals surface area contributed by atoms with Gasteiger partial charge in [-0.1, -0.05) is 78.9 Å². The lowest BCUT2D eigenvalue weighted by atomic mass is 9.99. The molecule has 2 N–H and O–H groups in total. The Morgan fingerprint density at radius 2 is 1.03 bits per heavy atom. The zero-order valence-electron chi connectivity index (χ0n) is 15.4. The highest BCUT2D eigenvalue weighted by Crippen LogP contribution is 2.34. The zero-order valence-corrected chi connectivity index (χ0v) is 15.4. The number of nitrogens with two attached hydrogens (primary N) is 1. The Balaban J connectivity index is 1.79. The summed E-state index contributed by atoms with van der Waals surface area (Å²) >= 11 is 0. The summed E-state index contributed by atoms with van der Waals surface area (Å²) in [6.45, 7) is 0. The van der Waals surface area contributed by atoms with Crippen LogP contribution >= 0.6 is 0 Å². The molecule has 2 aromatic heterocycles. The normalized spacial score (nSPS) is 11.6. The molecule has 0 fully saturated rings. The van der Waals surface area contributed by atoms with Crippen LogP contribution in [0.5, 0.6) is 0 Å². The Morgan fingerprint density at radius 1 is 0.483 bits per heavy atom. The molecule has 5 heteroatoms. The third kappa shape index (κ3) is 2.34. The van der Waals surface area contributed by atoms with Crippen LogP contribution in [-0.4, -0.2) is 19.9 Å². The number of fused-ring (bicyclic) bond motifs is 7. The van der Waals surface area contributed by atoms with Crippen LogP contribution in [0.25, 0.3) is 55.1 Å². The molecule has 4 aromatic carbocycles. The fourth-order valence-corrected chi connectivity index (χ4v) is 3.91. The molecule has 0 saturated carbocycles. The van der Waals surface area contributed by atoms with Crippen molar-refractivity contribution in [3.05, 3.63) is 78.9 Å². The maximum atomic E-state index is 6.29. The van der Waals surface area contributed by atoms with Gasteiger partial charge >= 0.3 is 0 Å². The summed E-state index contributed by atoms with van der Waals surface area (Å²) in [7, 11) is 0. The van der Waals surface area contributed by atoms with E-state index in [2.05, 4.69) is 34.2 Å². The number of aromatic nitrogens is 4. The predicted octanol–water partition coefficient (Wildman–Crippen LogP) is 5.13. The molecule has 0 aliphatic heterocycles. The maximum absolute atomic E-state index is 6.29. The van der Waals surface area contributed by atoms with Crippen LogP contribution in [0.4, 0.5) is 5.82 Å². The summed E-state index contributed by atoms with van der Waals surface area (Å²) in [6, 6.07) is 26.3. The zero-order chi connectivity index (χ0) is 19.4. The molecule has 0 aliphatic rings. The number of benzene rings is 4. The summed E-state index contributed by atoms with van der Waals surface area (Å²) in [6.07, 6.45) is 0. The molecule has 6 aromatic rings. The topological polar surface area (TPSA) is 77.6 Å². The van der Waals surface area contributed by atoms with Crippen molar-refractivity contribution in [2.45, 2.75) is 0 Å². The van der Waals surface area contributed by atoms with Gasteiger partial charge in [-0.05, 0) is 10.8 Å². The average molecular weight is 373 g/mol. The minimum atomic E-state index is 0.334. The minimum absolute atomic E-state index is 0.334. The highest BCUT2D eigenvalue weighted by molar-refractivity contribution is 6.23. The van der Waals surface area contributed by atoms with Crippen molar-refractivity contribution >= 4 is 49.6 Å². The van der Waals surface area contributed by atoms with Gasteiger partial charge in [-0.25, -0.2) is 19.9 Å². The third-order valence-electron chi connectivity index (χ3n) is 5.24. The molecule has 5 nitrogen and oxygen atoms in total. The molecule has 6 rings (SSSR count). The molecule has 2 heterocycles. The van der Waals surface area contributed by atoms with Crippen molar-refractivity contribution in [2.24, 2.45) is 0 Å². The van der Waals surface area contributed by atoms with Crippen LogP contribution in [0.1, 0.15) is 0 Å². The lowest BCUT2D eigenvalue weighted by molar-refractivity contribution is 1.19. The first-order chi connectivity index (χ1) is 14.3. The second-order valence-electron chi connectivity index (χ2n) is 6.98. The summed E-state index contributed by atoms with van der Waals surface area (Å²) in [5, 5.41) is 4.38. The number of anilines is 1. The molecule has 0 amide bonds. The van der Waals surface area contributed by atoms with Crippen LogP contribution in [0, 0.1) is 0 Å². The summed E-state index contributed by atoms with van der Waals surface area (Å²) in [5.41, 5.74) is 9.85. The molecule has 0 saturated heterocycles. The smallest absolute Gasteiger partial charge is 0.184 e. The van der Waals surface area contributed by atoms with E-state index in [1.807, 2.05) is 54.6 Å². The van der Waals surface area contributed by atoms with Gasteiger partial charge in [0.05, 0.1) is 11.0 Å². The summed E-state index contributed by atoms with van der Waals surface area (Å²) in [4.78, 5) is 19.0. The maximum Gasteiger partial charge on any atom is 0.184 e. The Bertz CT molecular complexity index is 1560. The van der Waals surface area contributed by atoms with Gasteiger partial charge in [0.25, 0.3) is 0 Å². The van der Waals surface area contributed by atoms with Crippen LogP contribution < -0.4 is 5.73 Å². The minimum Gasteiger partial charge on any atom is -0.382 e. The number of nitrogens with zero attached hydrogens (tertiary/aromatic N) is 4. The van der Waals surface area contributed by atoms with Crippen LogP contribution in [0.15, 0.2) is 78.9 Å². The largest absolute Gasteiger partial charge is 0.382 e. The fraction of sp³-hybridized carbons (Fsp3) is 0. The third-order valence-corrected chi connectivity index (χ3v) is 5.24. The van der Waals surface area contributed by atoms with E-state index >= 15 is 0 Å². The quantitative estimate of drug-likeness (QED) is 0.319. The molecule has 29 heavy (non-hydrogen) atoms. The molecular formula is C24H15N5. The summed E-state index contributed by atoms with van der Waals surface area (Å²) < 4.78 is 0. The van der Waals surface area contributed by atoms with E-state index in [0.717, 1.165) is 38.1 Å². The van der Waals surface area contributed by atoms with Gasteiger partial charge in [0.1, 0.15) is 0 Å². The van der Waals surface area contributed by atoms with Crippen molar-refractivity contribution in [1.29, 1.82) is 0 Å². The van der Waals surface area contributed by atoms with Crippen molar-refractivity contribution in [2.75, 3.05) is 5.73 Å². The number of nitrogen functional groups attached to an aromatic ring is 1.